The first-order valence-corrected chi connectivity index (χ1v) is 9.53. The van der Waals surface area contributed by atoms with Gasteiger partial charge in [-0.15, -0.1) is 0 Å². The van der Waals surface area contributed by atoms with Gasteiger partial charge in [0.2, 0.25) is 5.91 Å². The van der Waals surface area contributed by atoms with Crippen LogP contribution in [0.15, 0.2) is 0 Å². The molecule has 24 heavy (non-hydrogen) atoms. The van der Waals surface area contributed by atoms with Gasteiger partial charge in [-0.25, -0.2) is 0 Å². The van der Waals surface area contributed by atoms with Crippen molar-refractivity contribution in [2.45, 2.75) is 71.8 Å². The highest BCUT2D eigenvalue weighted by molar-refractivity contribution is 5.83. The average molecular weight is 344 g/mol. The van der Waals surface area contributed by atoms with E-state index < -0.39 is 0 Å². The molecule has 0 aliphatic heterocycles. The topological polar surface area (TPSA) is 64.6 Å². The van der Waals surface area contributed by atoms with Gasteiger partial charge in [0.25, 0.3) is 0 Å². The second-order valence-electron chi connectivity index (χ2n) is 7.00. The Balaban J connectivity index is 0.00000576. The maximum Gasteiger partial charge on any atom is 0.222 e. The maximum absolute atomic E-state index is 12.0. The van der Waals surface area contributed by atoms with E-state index in [1.165, 1.54) is 0 Å². The van der Waals surface area contributed by atoms with Crippen molar-refractivity contribution >= 4 is 11.7 Å². The highest BCUT2D eigenvalue weighted by Gasteiger charge is 2.27. The summed E-state index contributed by atoms with van der Waals surface area (Å²) in [7, 11) is 0. The summed E-state index contributed by atoms with van der Waals surface area (Å²) in [5.41, 5.74) is 0. The summed E-state index contributed by atoms with van der Waals surface area (Å²) < 4.78 is 10.8. The van der Waals surface area contributed by atoms with Crippen molar-refractivity contribution in [2.24, 2.45) is 11.8 Å². The minimum absolute atomic E-state index is 0. The van der Waals surface area contributed by atoms with E-state index in [4.69, 9.17) is 9.47 Å². The number of nitrogens with one attached hydrogen (secondary N) is 1. The summed E-state index contributed by atoms with van der Waals surface area (Å²) >= 11 is 0. The monoisotopic (exact) mass is 343 g/mol. The molecule has 0 unspecified atom stereocenters. The predicted octanol–water partition coefficient (Wildman–Crippen LogP) is 3.36. The van der Waals surface area contributed by atoms with E-state index >= 15 is 0 Å². The van der Waals surface area contributed by atoms with Crippen molar-refractivity contribution in [1.82, 2.24) is 5.32 Å². The zero-order valence-electron chi connectivity index (χ0n) is 15.6. The van der Waals surface area contributed by atoms with Crippen molar-refractivity contribution in [1.29, 1.82) is 0 Å². The van der Waals surface area contributed by atoms with Gasteiger partial charge in [-0.1, -0.05) is 20.8 Å². The van der Waals surface area contributed by atoms with Gasteiger partial charge in [0, 0.05) is 45.5 Å². The number of rotatable bonds is 12. The van der Waals surface area contributed by atoms with Crippen molar-refractivity contribution in [3.63, 3.8) is 0 Å². The molecule has 0 atom stereocenters. The molecule has 1 rings (SSSR count). The van der Waals surface area contributed by atoms with Crippen LogP contribution in [0.2, 0.25) is 0 Å². The van der Waals surface area contributed by atoms with Gasteiger partial charge >= 0.3 is 0 Å². The molecule has 1 N–H and O–H groups in total. The standard InChI is InChI=1S/C19H35NO4.H2/c1-4-11-23-12-5-13-24-14-10-18(21)20-17-8-6-16(7-9-17)19(22)15(2)3;/h15-17H,4-14H2,1-3H3,(H,20,21);1H. The molecular weight excluding hydrogens is 306 g/mol. The zero-order valence-corrected chi connectivity index (χ0v) is 15.6. The van der Waals surface area contributed by atoms with E-state index in [9.17, 15) is 9.59 Å². The van der Waals surface area contributed by atoms with Crippen molar-refractivity contribution in [3.05, 3.63) is 0 Å². The molecule has 1 saturated carbocycles. The number of ether oxygens (including phenoxy) is 2. The van der Waals surface area contributed by atoms with Crippen LogP contribution in [0.4, 0.5) is 0 Å². The second-order valence-corrected chi connectivity index (χ2v) is 7.00. The fraction of sp³-hybridized carbons (Fsp3) is 0.895. The van der Waals surface area contributed by atoms with Crippen LogP contribution in [-0.4, -0.2) is 44.2 Å². The molecule has 5 nitrogen and oxygen atoms in total. The van der Waals surface area contributed by atoms with Gasteiger partial charge < -0.3 is 14.8 Å². The Morgan fingerprint density at radius 3 is 2.25 bits per heavy atom. The Kier molecular flexibility index (Phi) is 10.9. The molecule has 1 aliphatic rings. The molecule has 0 aromatic carbocycles. The fourth-order valence-electron chi connectivity index (χ4n) is 3.07. The molecule has 0 bridgehead atoms. The van der Waals surface area contributed by atoms with Gasteiger partial charge in [0.1, 0.15) is 5.78 Å². The van der Waals surface area contributed by atoms with Crippen molar-refractivity contribution in [3.8, 4) is 0 Å². The molecule has 1 fully saturated rings. The Hall–Kier alpha value is -0.940. The number of ketones is 1. The average Bonchev–Trinajstić information content (AvgIpc) is 2.57. The van der Waals surface area contributed by atoms with E-state index in [0.717, 1.165) is 51.7 Å². The van der Waals surface area contributed by atoms with Crippen LogP contribution in [0.1, 0.15) is 67.1 Å². The Morgan fingerprint density at radius 2 is 1.67 bits per heavy atom. The lowest BCUT2D eigenvalue weighted by atomic mass is 9.80. The SMILES string of the molecule is CCCOCCCOCCC(=O)NC1CCC(C(=O)C(C)C)CC1.[HH]. The third kappa shape index (κ3) is 8.78. The first kappa shape index (κ1) is 21.1. The summed E-state index contributed by atoms with van der Waals surface area (Å²) in [5.74, 6) is 0.731. The maximum atomic E-state index is 12.0. The second kappa shape index (κ2) is 12.4. The van der Waals surface area contributed by atoms with Crippen LogP contribution < -0.4 is 5.32 Å². The first-order valence-electron chi connectivity index (χ1n) is 9.53. The number of hydrogen-bond donors (Lipinski definition) is 1. The minimum Gasteiger partial charge on any atom is -0.381 e. The van der Waals surface area contributed by atoms with Crippen LogP contribution in [-0.2, 0) is 19.1 Å². The van der Waals surface area contributed by atoms with E-state index in [1.807, 2.05) is 13.8 Å². The molecule has 142 valence electrons. The summed E-state index contributed by atoms with van der Waals surface area (Å²) in [5, 5.41) is 3.07. The Morgan fingerprint density at radius 1 is 1.04 bits per heavy atom. The summed E-state index contributed by atoms with van der Waals surface area (Å²) in [6.07, 6.45) is 5.92. The molecule has 1 aliphatic carbocycles. The van der Waals surface area contributed by atoms with E-state index in [-0.39, 0.29) is 25.2 Å². The Bertz CT molecular complexity index is 368. The van der Waals surface area contributed by atoms with Crippen LogP contribution in [0, 0.1) is 11.8 Å². The lowest BCUT2D eigenvalue weighted by Crippen LogP contribution is -2.39. The van der Waals surface area contributed by atoms with Crippen LogP contribution >= 0.6 is 0 Å². The summed E-state index contributed by atoms with van der Waals surface area (Å²) in [6, 6.07) is 0.219. The van der Waals surface area contributed by atoms with Crippen molar-refractivity contribution < 1.29 is 20.5 Å². The molecule has 0 radical (unpaired) electrons. The summed E-state index contributed by atoms with van der Waals surface area (Å²) in [6.45, 7) is 8.63. The third-order valence-corrected chi connectivity index (χ3v) is 4.46. The molecule has 5 heteroatoms. The lowest BCUT2D eigenvalue weighted by molar-refractivity contribution is -0.127. The Labute approximate surface area is 148 Å². The molecule has 0 spiro atoms. The number of hydrogen-bond acceptors (Lipinski definition) is 4. The number of Topliss-reactive ketones (excluding diaryl/α,β-unsaturated/α-hetero) is 1. The molecule has 0 aromatic rings. The van der Waals surface area contributed by atoms with Gasteiger partial charge in [-0.05, 0) is 38.5 Å². The van der Waals surface area contributed by atoms with Gasteiger partial charge in [0.15, 0.2) is 0 Å². The molecule has 0 saturated heterocycles. The summed E-state index contributed by atoms with van der Waals surface area (Å²) in [4.78, 5) is 23.9. The number of carbonyl (C=O) groups excluding carboxylic acids is 2. The number of carbonyl (C=O) groups is 2. The lowest BCUT2D eigenvalue weighted by Gasteiger charge is -2.29. The quantitative estimate of drug-likeness (QED) is 0.552. The molecule has 0 heterocycles. The van der Waals surface area contributed by atoms with Crippen molar-refractivity contribution in [2.75, 3.05) is 26.4 Å². The predicted molar refractivity (Wildman–Crippen MR) is 97.0 cm³/mol. The van der Waals surface area contributed by atoms with Gasteiger partial charge in [-0.2, -0.15) is 0 Å². The smallest absolute Gasteiger partial charge is 0.222 e. The largest absolute Gasteiger partial charge is 0.381 e. The molecular formula is C19H37NO4. The zero-order chi connectivity index (χ0) is 17.8. The minimum atomic E-state index is 0. The fourth-order valence-corrected chi connectivity index (χ4v) is 3.07. The van der Waals surface area contributed by atoms with E-state index in [1.54, 1.807) is 0 Å². The molecule has 0 aromatic heterocycles. The van der Waals surface area contributed by atoms with Gasteiger partial charge in [-0.3, -0.25) is 9.59 Å². The number of amides is 1. The third-order valence-electron chi connectivity index (χ3n) is 4.46. The first-order chi connectivity index (χ1) is 11.5. The van der Waals surface area contributed by atoms with E-state index in [0.29, 0.717) is 25.4 Å². The van der Waals surface area contributed by atoms with Crippen LogP contribution in [0.25, 0.3) is 0 Å². The normalized spacial score (nSPS) is 21.0. The van der Waals surface area contributed by atoms with Crippen LogP contribution in [0.5, 0.6) is 0 Å². The van der Waals surface area contributed by atoms with Crippen LogP contribution in [0.3, 0.4) is 0 Å². The van der Waals surface area contributed by atoms with E-state index in [2.05, 4.69) is 12.2 Å². The highest BCUT2D eigenvalue weighted by Crippen LogP contribution is 2.27. The highest BCUT2D eigenvalue weighted by atomic mass is 16.5. The van der Waals surface area contributed by atoms with Gasteiger partial charge in [0.05, 0.1) is 6.61 Å². The molecule has 1 amide bonds.